The van der Waals surface area contributed by atoms with Gasteiger partial charge in [0.2, 0.25) is 5.91 Å². The Bertz CT molecular complexity index is 518. The van der Waals surface area contributed by atoms with Gasteiger partial charge in [0.1, 0.15) is 5.54 Å². The lowest BCUT2D eigenvalue weighted by Crippen LogP contribution is -2.59. The van der Waals surface area contributed by atoms with Crippen molar-refractivity contribution in [3.8, 4) is 0 Å². The highest BCUT2D eigenvalue weighted by Crippen LogP contribution is 2.32. The van der Waals surface area contributed by atoms with E-state index < -0.39 is 11.5 Å². The fourth-order valence-corrected chi connectivity index (χ4v) is 2.54. The number of aryl methyl sites for hydroxylation is 3. The third kappa shape index (κ3) is 3.00. The van der Waals surface area contributed by atoms with Crippen LogP contribution in [0.15, 0.2) is 6.07 Å². The van der Waals surface area contributed by atoms with Gasteiger partial charge in [0.05, 0.1) is 5.69 Å². The maximum Gasteiger partial charge on any atom is 0.329 e. The van der Waals surface area contributed by atoms with E-state index in [4.69, 9.17) is 5.11 Å². The van der Waals surface area contributed by atoms with E-state index in [1.54, 1.807) is 0 Å². The van der Waals surface area contributed by atoms with Crippen molar-refractivity contribution < 1.29 is 14.7 Å². The molecule has 1 heterocycles. The molecule has 0 unspecified atom stereocenters. The summed E-state index contributed by atoms with van der Waals surface area (Å²) in [6.07, 6.45) is 2.91. The molecule has 1 amide bonds. The number of carboxylic acid groups (broad SMARTS) is 1. The quantitative estimate of drug-likeness (QED) is 0.824. The van der Waals surface area contributed by atoms with E-state index in [0.29, 0.717) is 32.2 Å². The molecular weight excluding hydrogens is 258 g/mol. The van der Waals surface area contributed by atoms with Crippen LogP contribution in [0, 0.1) is 13.8 Å². The first-order chi connectivity index (χ1) is 9.43. The van der Waals surface area contributed by atoms with Crippen LogP contribution in [-0.4, -0.2) is 32.3 Å². The monoisotopic (exact) mass is 279 g/mol. The van der Waals surface area contributed by atoms with E-state index in [0.717, 1.165) is 17.8 Å². The van der Waals surface area contributed by atoms with Crippen molar-refractivity contribution in [3.05, 3.63) is 17.5 Å². The zero-order valence-corrected chi connectivity index (χ0v) is 12.0. The third-order valence-electron chi connectivity index (χ3n) is 3.87. The summed E-state index contributed by atoms with van der Waals surface area (Å²) in [6, 6.07) is 1.99. The molecule has 1 saturated carbocycles. The minimum absolute atomic E-state index is 0.186. The topological polar surface area (TPSA) is 84.2 Å². The summed E-state index contributed by atoms with van der Waals surface area (Å²) in [7, 11) is 0. The van der Waals surface area contributed by atoms with Gasteiger partial charge in [0.15, 0.2) is 0 Å². The van der Waals surface area contributed by atoms with Crippen LogP contribution in [0.5, 0.6) is 0 Å². The highest BCUT2D eigenvalue weighted by molar-refractivity contribution is 5.87. The number of carbonyl (C=O) groups is 2. The number of rotatable bonds is 6. The lowest BCUT2D eigenvalue weighted by atomic mass is 9.76. The van der Waals surface area contributed by atoms with Crippen molar-refractivity contribution in [2.24, 2.45) is 0 Å². The highest BCUT2D eigenvalue weighted by atomic mass is 16.4. The van der Waals surface area contributed by atoms with Gasteiger partial charge in [-0.25, -0.2) is 4.79 Å². The van der Waals surface area contributed by atoms with Gasteiger partial charge in [-0.15, -0.1) is 0 Å². The lowest BCUT2D eigenvalue weighted by molar-refractivity contribution is -0.151. The Morgan fingerprint density at radius 3 is 2.60 bits per heavy atom. The molecule has 1 aromatic rings. The summed E-state index contributed by atoms with van der Waals surface area (Å²) in [5, 5.41) is 16.1. The fraction of sp³-hybridized carbons (Fsp3) is 0.643. The summed E-state index contributed by atoms with van der Waals surface area (Å²) in [4.78, 5) is 23.0. The Morgan fingerprint density at radius 1 is 1.45 bits per heavy atom. The molecule has 1 aliphatic carbocycles. The van der Waals surface area contributed by atoms with Gasteiger partial charge < -0.3 is 10.4 Å². The van der Waals surface area contributed by atoms with Crippen molar-refractivity contribution in [2.45, 2.75) is 58.0 Å². The number of carboxylic acids is 1. The fourth-order valence-electron chi connectivity index (χ4n) is 2.54. The molecule has 1 aromatic heterocycles. The van der Waals surface area contributed by atoms with Gasteiger partial charge in [0, 0.05) is 18.7 Å². The van der Waals surface area contributed by atoms with Gasteiger partial charge in [-0.05, 0) is 45.6 Å². The van der Waals surface area contributed by atoms with E-state index in [1.807, 2.05) is 24.6 Å². The first-order valence-corrected chi connectivity index (χ1v) is 6.98. The average molecular weight is 279 g/mol. The smallest absolute Gasteiger partial charge is 0.329 e. The molecule has 1 fully saturated rings. The zero-order valence-electron chi connectivity index (χ0n) is 12.0. The molecule has 6 heteroatoms. The van der Waals surface area contributed by atoms with Crippen LogP contribution in [0.1, 0.15) is 43.5 Å². The molecule has 0 radical (unpaired) electrons. The van der Waals surface area contributed by atoms with E-state index >= 15 is 0 Å². The second-order valence-electron chi connectivity index (χ2n) is 5.54. The summed E-state index contributed by atoms with van der Waals surface area (Å²) in [5.74, 6) is -1.11. The van der Waals surface area contributed by atoms with Crippen LogP contribution in [0.3, 0.4) is 0 Å². The summed E-state index contributed by atoms with van der Waals surface area (Å²) >= 11 is 0. The molecular formula is C14H21N3O3. The maximum atomic E-state index is 11.8. The Kier molecular flexibility index (Phi) is 4.11. The Morgan fingerprint density at radius 2 is 2.15 bits per heavy atom. The van der Waals surface area contributed by atoms with E-state index in [1.165, 1.54) is 0 Å². The second-order valence-corrected chi connectivity index (χ2v) is 5.54. The molecule has 0 saturated heterocycles. The summed E-state index contributed by atoms with van der Waals surface area (Å²) in [6.45, 7) is 4.59. The normalized spacial score (nSPS) is 16.5. The van der Waals surface area contributed by atoms with E-state index in [9.17, 15) is 9.59 Å². The number of amides is 1. The summed E-state index contributed by atoms with van der Waals surface area (Å²) < 4.78 is 1.87. The Hall–Kier alpha value is -1.85. The van der Waals surface area contributed by atoms with Crippen LogP contribution in [0.4, 0.5) is 0 Å². The van der Waals surface area contributed by atoms with Gasteiger partial charge >= 0.3 is 5.97 Å². The number of carbonyl (C=O) groups excluding carboxylic acids is 1. The summed E-state index contributed by atoms with van der Waals surface area (Å²) in [5.41, 5.74) is 1.03. The lowest BCUT2D eigenvalue weighted by Gasteiger charge is -2.38. The second kappa shape index (κ2) is 5.64. The van der Waals surface area contributed by atoms with Crippen LogP contribution >= 0.6 is 0 Å². The van der Waals surface area contributed by atoms with Crippen molar-refractivity contribution in [1.82, 2.24) is 15.1 Å². The molecule has 20 heavy (non-hydrogen) atoms. The van der Waals surface area contributed by atoms with Crippen LogP contribution in [0.25, 0.3) is 0 Å². The van der Waals surface area contributed by atoms with Crippen LogP contribution in [0.2, 0.25) is 0 Å². The third-order valence-corrected chi connectivity index (χ3v) is 3.87. The predicted molar refractivity (Wildman–Crippen MR) is 73.3 cm³/mol. The molecule has 0 aliphatic heterocycles. The molecule has 0 aromatic carbocycles. The molecule has 110 valence electrons. The number of aromatic nitrogens is 2. The SMILES string of the molecule is Cc1cc(C)n(CCCC(=O)NC2(C(=O)O)CCC2)n1. The van der Waals surface area contributed by atoms with Crippen LogP contribution < -0.4 is 5.32 Å². The van der Waals surface area contributed by atoms with Crippen molar-refractivity contribution in [3.63, 3.8) is 0 Å². The van der Waals surface area contributed by atoms with Crippen molar-refractivity contribution in [2.75, 3.05) is 0 Å². The minimum atomic E-state index is -1.00. The molecule has 6 nitrogen and oxygen atoms in total. The minimum Gasteiger partial charge on any atom is -0.480 e. The molecule has 2 rings (SSSR count). The molecule has 2 N–H and O–H groups in total. The van der Waals surface area contributed by atoms with Crippen molar-refractivity contribution >= 4 is 11.9 Å². The molecule has 0 spiro atoms. The highest BCUT2D eigenvalue weighted by Gasteiger charge is 2.45. The number of hydrogen-bond donors (Lipinski definition) is 2. The molecule has 1 aliphatic rings. The zero-order chi connectivity index (χ0) is 14.8. The van der Waals surface area contributed by atoms with Crippen molar-refractivity contribution in [1.29, 1.82) is 0 Å². The molecule has 0 atom stereocenters. The number of aliphatic carboxylic acids is 1. The van der Waals surface area contributed by atoms with Gasteiger partial charge in [-0.2, -0.15) is 5.10 Å². The van der Waals surface area contributed by atoms with Gasteiger partial charge in [0.25, 0.3) is 0 Å². The first-order valence-electron chi connectivity index (χ1n) is 6.98. The largest absolute Gasteiger partial charge is 0.480 e. The maximum absolute atomic E-state index is 11.8. The standard InChI is InChI=1S/C14H21N3O3/c1-10-9-11(2)17(16-10)8-3-5-12(18)15-14(13(19)20)6-4-7-14/h9H,3-8H2,1-2H3,(H,15,18)(H,19,20). The molecule has 0 bridgehead atoms. The van der Waals surface area contributed by atoms with E-state index in [-0.39, 0.29) is 5.91 Å². The average Bonchev–Trinajstić information content (AvgIpc) is 2.62. The Labute approximate surface area is 118 Å². The van der Waals surface area contributed by atoms with Gasteiger partial charge in [-0.1, -0.05) is 0 Å². The first kappa shape index (κ1) is 14.6. The van der Waals surface area contributed by atoms with Crippen LogP contribution in [-0.2, 0) is 16.1 Å². The van der Waals surface area contributed by atoms with Gasteiger partial charge in [-0.3, -0.25) is 9.48 Å². The number of hydrogen-bond acceptors (Lipinski definition) is 3. The number of nitrogens with zero attached hydrogens (tertiary/aromatic N) is 2. The van der Waals surface area contributed by atoms with E-state index in [2.05, 4.69) is 10.4 Å². The number of nitrogens with one attached hydrogen (secondary N) is 1. The predicted octanol–water partition coefficient (Wildman–Crippen LogP) is 1.40. The Balaban J connectivity index is 1.78.